The lowest BCUT2D eigenvalue weighted by Crippen LogP contribution is -2.20. The van der Waals surface area contributed by atoms with Gasteiger partial charge < -0.3 is 9.47 Å². The average molecular weight is 360 g/mol. The van der Waals surface area contributed by atoms with E-state index in [1.165, 1.54) is 7.11 Å². The van der Waals surface area contributed by atoms with E-state index in [-0.39, 0.29) is 35.4 Å². The molecule has 3 atom stereocenters. The first-order valence-electron chi connectivity index (χ1n) is 8.96. The minimum absolute atomic E-state index is 0.0476. The Morgan fingerprint density at radius 1 is 1.31 bits per heavy atom. The number of ether oxygens (including phenoxy) is 2. The first kappa shape index (κ1) is 20.1. The highest BCUT2D eigenvalue weighted by Gasteiger charge is 2.62. The van der Waals surface area contributed by atoms with Crippen molar-refractivity contribution in [2.75, 3.05) is 7.11 Å². The highest BCUT2D eigenvalue weighted by molar-refractivity contribution is 6.00. The minimum atomic E-state index is -0.474. The van der Waals surface area contributed by atoms with Crippen LogP contribution in [0.1, 0.15) is 47.5 Å². The van der Waals surface area contributed by atoms with Crippen molar-refractivity contribution in [2.45, 2.75) is 53.6 Å². The van der Waals surface area contributed by atoms with E-state index in [0.29, 0.717) is 12.0 Å². The molecule has 26 heavy (non-hydrogen) atoms. The zero-order valence-electron chi connectivity index (χ0n) is 16.4. The number of allylic oxidation sites excluding steroid dienone is 4. The van der Waals surface area contributed by atoms with Crippen molar-refractivity contribution in [3.8, 4) is 0 Å². The fourth-order valence-electron chi connectivity index (χ4n) is 3.65. The maximum absolute atomic E-state index is 12.7. The predicted octanol–water partition coefficient (Wildman–Crippen LogP) is 3.55. The molecule has 1 saturated carbocycles. The summed E-state index contributed by atoms with van der Waals surface area (Å²) in [7, 11) is 1.33. The highest BCUT2D eigenvalue weighted by atomic mass is 16.5. The summed E-state index contributed by atoms with van der Waals surface area (Å²) in [6.45, 7) is 9.40. The van der Waals surface area contributed by atoms with Crippen molar-refractivity contribution >= 4 is 17.7 Å². The van der Waals surface area contributed by atoms with Crippen LogP contribution in [-0.2, 0) is 23.9 Å². The Kier molecular flexibility index (Phi) is 5.89. The lowest BCUT2D eigenvalue weighted by Gasteiger charge is -2.13. The first-order chi connectivity index (χ1) is 12.1. The molecule has 5 nitrogen and oxygen atoms in total. The SMILES string of the molecule is C/C=C\CC1=C(C)[C@@H](OC(=O)[C@@H]2[C@H](/C=C(\C)C(=O)OC)C2(C)C)CC1=O. The van der Waals surface area contributed by atoms with E-state index in [0.717, 1.165) is 11.1 Å². The van der Waals surface area contributed by atoms with E-state index in [1.807, 2.05) is 39.8 Å². The molecule has 1 fully saturated rings. The number of carbonyl (C=O) groups is 3. The normalized spacial score (nSPS) is 27.8. The number of hydrogen-bond donors (Lipinski definition) is 0. The van der Waals surface area contributed by atoms with E-state index in [2.05, 4.69) is 0 Å². The molecule has 5 heteroatoms. The van der Waals surface area contributed by atoms with Gasteiger partial charge >= 0.3 is 11.9 Å². The smallest absolute Gasteiger partial charge is 0.333 e. The molecule has 0 aliphatic heterocycles. The highest BCUT2D eigenvalue weighted by Crippen LogP contribution is 2.60. The molecule has 142 valence electrons. The molecule has 0 unspecified atom stereocenters. The second-order valence-electron chi connectivity index (χ2n) is 7.65. The zero-order valence-corrected chi connectivity index (χ0v) is 16.4. The van der Waals surface area contributed by atoms with Gasteiger partial charge in [-0.05, 0) is 44.1 Å². The third-order valence-electron chi connectivity index (χ3n) is 5.58. The molecule has 0 aromatic heterocycles. The van der Waals surface area contributed by atoms with E-state index < -0.39 is 12.1 Å². The van der Waals surface area contributed by atoms with Gasteiger partial charge in [0.1, 0.15) is 6.10 Å². The monoisotopic (exact) mass is 360 g/mol. The van der Waals surface area contributed by atoms with E-state index in [1.54, 1.807) is 13.0 Å². The third kappa shape index (κ3) is 3.81. The fourth-order valence-corrected chi connectivity index (χ4v) is 3.65. The Morgan fingerprint density at radius 2 is 1.96 bits per heavy atom. The molecule has 0 saturated heterocycles. The number of hydrogen-bond acceptors (Lipinski definition) is 5. The molecule has 0 spiro atoms. The maximum Gasteiger partial charge on any atom is 0.333 e. The summed E-state index contributed by atoms with van der Waals surface area (Å²) < 4.78 is 10.4. The van der Waals surface area contributed by atoms with E-state index in [9.17, 15) is 14.4 Å². The zero-order chi connectivity index (χ0) is 19.6. The van der Waals surface area contributed by atoms with Gasteiger partial charge in [0.15, 0.2) is 5.78 Å². The van der Waals surface area contributed by atoms with Crippen LogP contribution >= 0.6 is 0 Å². The van der Waals surface area contributed by atoms with Gasteiger partial charge in [-0.25, -0.2) is 4.79 Å². The topological polar surface area (TPSA) is 69.7 Å². The van der Waals surface area contributed by atoms with Crippen LogP contribution in [0.5, 0.6) is 0 Å². The lowest BCUT2D eigenvalue weighted by atomic mass is 10.1. The van der Waals surface area contributed by atoms with Gasteiger partial charge in [-0.2, -0.15) is 0 Å². The molecule has 0 amide bonds. The average Bonchev–Trinajstić information content (AvgIpc) is 3.01. The standard InChI is InChI=1S/C21H28O5/c1-7-8-9-14-13(3)17(11-16(14)22)26-20(24)18-15(21(18,4)5)10-12(2)19(23)25-6/h7-8,10,15,17-18H,9,11H2,1-6H3/b8-7-,12-10+/t15-,17-,18-/m0/s1. The quantitative estimate of drug-likeness (QED) is 0.412. The summed E-state index contributed by atoms with van der Waals surface area (Å²) in [6, 6.07) is 0. The minimum Gasteiger partial charge on any atom is -0.466 e. The summed E-state index contributed by atoms with van der Waals surface area (Å²) in [6.07, 6.45) is 5.95. The van der Waals surface area contributed by atoms with Crippen LogP contribution in [-0.4, -0.2) is 30.9 Å². The van der Waals surface area contributed by atoms with Crippen molar-refractivity contribution in [2.24, 2.45) is 17.3 Å². The molecule has 2 aliphatic rings. The van der Waals surface area contributed by atoms with Gasteiger partial charge in [0.05, 0.1) is 19.4 Å². The Bertz CT molecular complexity index is 708. The summed E-state index contributed by atoms with van der Waals surface area (Å²) >= 11 is 0. The van der Waals surface area contributed by atoms with Gasteiger partial charge in [-0.15, -0.1) is 0 Å². The summed E-state index contributed by atoms with van der Waals surface area (Å²) in [5, 5.41) is 0. The molecular weight excluding hydrogens is 332 g/mol. The van der Waals surface area contributed by atoms with Crippen LogP contribution in [0.25, 0.3) is 0 Å². The number of rotatable bonds is 6. The van der Waals surface area contributed by atoms with Gasteiger partial charge in [-0.3, -0.25) is 9.59 Å². The van der Waals surface area contributed by atoms with Gasteiger partial charge in [0, 0.05) is 11.1 Å². The molecule has 0 aromatic carbocycles. The van der Waals surface area contributed by atoms with Crippen molar-refractivity contribution in [1.82, 2.24) is 0 Å². The molecule has 0 radical (unpaired) electrons. The molecule has 0 N–H and O–H groups in total. The van der Waals surface area contributed by atoms with Gasteiger partial charge in [0.25, 0.3) is 0 Å². The fraction of sp³-hybridized carbons (Fsp3) is 0.571. The second-order valence-corrected chi connectivity index (χ2v) is 7.65. The molecule has 2 aliphatic carbocycles. The Balaban J connectivity index is 2.08. The molecule has 0 aromatic rings. The molecule has 0 bridgehead atoms. The van der Waals surface area contributed by atoms with Crippen molar-refractivity contribution in [3.63, 3.8) is 0 Å². The Hall–Kier alpha value is -2.17. The number of Topliss-reactive ketones (excluding diaryl/α,β-unsaturated/α-hetero) is 1. The summed E-state index contributed by atoms with van der Waals surface area (Å²) in [5.74, 6) is -1.04. The number of methoxy groups -OCH3 is 1. The lowest BCUT2D eigenvalue weighted by molar-refractivity contribution is -0.150. The van der Waals surface area contributed by atoms with Crippen LogP contribution in [0.4, 0.5) is 0 Å². The van der Waals surface area contributed by atoms with Crippen LogP contribution in [0.15, 0.2) is 34.9 Å². The molecular formula is C21H28O5. The Morgan fingerprint density at radius 3 is 2.54 bits per heavy atom. The Labute approximate surface area is 155 Å². The van der Waals surface area contributed by atoms with Gasteiger partial charge in [0.2, 0.25) is 0 Å². The van der Waals surface area contributed by atoms with Crippen LogP contribution in [0.3, 0.4) is 0 Å². The molecule has 0 heterocycles. The van der Waals surface area contributed by atoms with Crippen molar-refractivity contribution < 1.29 is 23.9 Å². The van der Waals surface area contributed by atoms with E-state index >= 15 is 0 Å². The molecule has 2 rings (SSSR count). The predicted molar refractivity (Wildman–Crippen MR) is 98.2 cm³/mol. The first-order valence-corrected chi connectivity index (χ1v) is 8.96. The summed E-state index contributed by atoms with van der Waals surface area (Å²) in [5.41, 5.74) is 1.80. The van der Waals surface area contributed by atoms with Crippen molar-refractivity contribution in [3.05, 3.63) is 34.9 Å². The summed E-state index contributed by atoms with van der Waals surface area (Å²) in [4.78, 5) is 36.4. The van der Waals surface area contributed by atoms with Crippen molar-refractivity contribution in [1.29, 1.82) is 0 Å². The number of esters is 2. The van der Waals surface area contributed by atoms with E-state index in [4.69, 9.17) is 9.47 Å². The van der Waals surface area contributed by atoms with Crippen LogP contribution in [0, 0.1) is 17.3 Å². The van der Waals surface area contributed by atoms with Gasteiger partial charge in [-0.1, -0.05) is 32.1 Å². The second kappa shape index (κ2) is 7.60. The third-order valence-corrected chi connectivity index (χ3v) is 5.58. The largest absolute Gasteiger partial charge is 0.466 e. The maximum atomic E-state index is 12.7. The van der Waals surface area contributed by atoms with Crippen LogP contribution < -0.4 is 0 Å². The van der Waals surface area contributed by atoms with Crippen LogP contribution in [0.2, 0.25) is 0 Å². The number of carbonyl (C=O) groups excluding carboxylic acids is 3. The number of ketones is 1.